The van der Waals surface area contributed by atoms with Crippen LogP contribution in [0.5, 0.6) is 0 Å². The van der Waals surface area contributed by atoms with Crippen LogP contribution in [0.25, 0.3) is 0 Å². The van der Waals surface area contributed by atoms with Crippen molar-refractivity contribution in [3.63, 3.8) is 0 Å². The Bertz CT molecular complexity index is 615. The number of hydrogen-bond donors (Lipinski definition) is 2. The summed E-state index contributed by atoms with van der Waals surface area (Å²) in [7, 11) is 0. The molecule has 0 aliphatic rings. The molecule has 5 heteroatoms. The van der Waals surface area contributed by atoms with E-state index >= 15 is 0 Å². The van der Waals surface area contributed by atoms with Crippen LogP contribution in [0, 0.1) is 5.92 Å². The molecule has 1 heterocycles. The van der Waals surface area contributed by atoms with Crippen molar-refractivity contribution in [2.45, 2.75) is 19.9 Å². The highest BCUT2D eigenvalue weighted by atomic mass is 16.2. The third-order valence-corrected chi connectivity index (χ3v) is 3.29. The molecule has 0 unspecified atom stereocenters. The SMILES string of the molecule is CC(C)[C@H](C(=O)Nc1ccc(C(N)=O)cc1)n1cccc1. The van der Waals surface area contributed by atoms with Gasteiger partial charge in [-0.25, -0.2) is 0 Å². The third kappa shape index (κ3) is 3.51. The van der Waals surface area contributed by atoms with E-state index in [9.17, 15) is 9.59 Å². The molecule has 0 fully saturated rings. The first-order chi connectivity index (χ1) is 9.99. The van der Waals surface area contributed by atoms with Gasteiger partial charge in [0.05, 0.1) is 0 Å². The molecular formula is C16H19N3O2. The Balaban J connectivity index is 2.14. The van der Waals surface area contributed by atoms with E-state index in [1.807, 2.05) is 42.9 Å². The number of aromatic nitrogens is 1. The Morgan fingerprint density at radius 1 is 1.10 bits per heavy atom. The van der Waals surface area contributed by atoms with Crippen LogP contribution in [0.15, 0.2) is 48.8 Å². The number of rotatable bonds is 5. The van der Waals surface area contributed by atoms with E-state index < -0.39 is 5.91 Å². The minimum atomic E-state index is -0.486. The number of anilines is 1. The highest BCUT2D eigenvalue weighted by molar-refractivity contribution is 5.96. The van der Waals surface area contributed by atoms with E-state index in [0.717, 1.165) is 0 Å². The van der Waals surface area contributed by atoms with Gasteiger partial charge in [0.15, 0.2) is 0 Å². The van der Waals surface area contributed by atoms with Gasteiger partial charge >= 0.3 is 0 Å². The van der Waals surface area contributed by atoms with Crippen LogP contribution in [0.2, 0.25) is 0 Å². The van der Waals surface area contributed by atoms with Gasteiger partial charge < -0.3 is 15.6 Å². The molecule has 5 nitrogen and oxygen atoms in total. The second-order valence-electron chi connectivity index (χ2n) is 5.25. The molecule has 21 heavy (non-hydrogen) atoms. The van der Waals surface area contributed by atoms with Gasteiger partial charge in [0.2, 0.25) is 11.8 Å². The lowest BCUT2D eigenvalue weighted by Gasteiger charge is -2.22. The molecule has 1 atom stereocenters. The third-order valence-electron chi connectivity index (χ3n) is 3.29. The summed E-state index contributed by atoms with van der Waals surface area (Å²) in [6.45, 7) is 4.00. The number of nitrogens with one attached hydrogen (secondary N) is 1. The van der Waals surface area contributed by atoms with Crippen molar-refractivity contribution < 1.29 is 9.59 Å². The summed E-state index contributed by atoms with van der Waals surface area (Å²) in [6, 6.07) is 10.0. The van der Waals surface area contributed by atoms with E-state index in [-0.39, 0.29) is 17.9 Å². The molecule has 2 rings (SSSR count). The van der Waals surface area contributed by atoms with Gasteiger partial charge in [-0.1, -0.05) is 13.8 Å². The number of carbonyl (C=O) groups is 2. The normalized spacial score (nSPS) is 12.1. The summed E-state index contributed by atoms with van der Waals surface area (Å²) in [5.74, 6) is -0.421. The Morgan fingerprint density at radius 3 is 2.14 bits per heavy atom. The van der Waals surface area contributed by atoms with E-state index in [0.29, 0.717) is 11.3 Å². The van der Waals surface area contributed by atoms with E-state index in [1.54, 1.807) is 24.3 Å². The fourth-order valence-corrected chi connectivity index (χ4v) is 2.25. The van der Waals surface area contributed by atoms with Gasteiger partial charge in [-0.3, -0.25) is 9.59 Å². The lowest BCUT2D eigenvalue weighted by atomic mass is 10.0. The van der Waals surface area contributed by atoms with Gasteiger partial charge in [0.1, 0.15) is 6.04 Å². The van der Waals surface area contributed by atoms with E-state index in [2.05, 4.69) is 5.32 Å². The summed E-state index contributed by atoms with van der Waals surface area (Å²) in [6.07, 6.45) is 3.75. The number of primary amides is 1. The Labute approximate surface area is 123 Å². The topological polar surface area (TPSA) is 77.1 Å². The van der Waals surface area contributed by atoms with Gasteiger partial charge in [0.25, 0.3) is 0 Å². The van der Waals surface area contributed by atoms with Crippen LogP contribution in [0.3, 0.4) is 0 Å². The Morgan fingerprint density at radius 2 is 1.67 bits per heavy atom. The lowest BCUT2D eigenvalue weighted by Crippen LogP contribution is -2.29. The second kappa shape index (κ2) is 6.26. The Hall–Kier alpha value is -2.56. The molecule has 2 amide bonds. The monoisotopic (exact) mass is 285 g/mol. The maximum Gasteiger partial charge on any atom is 0.248 e. The van der Waals surface area contributed by atoms with Crippen molar-refractivity contribution in [2.75, 3.05) is 5.32 Å². The molecule has 0 saturated heterocycles. The van der Waals surface area contributed by atoms with Crippen molar-refractivity contribution in [3.8, 4) is 0 Å². The summed E-state index contributed by atoms with van der Waals surface area (Å²) >= 11 is 0. The van der Waals surface area contributed by atoms with Crippen LogP contribution in [-0.4, -0.2) is 16.4 Å². The van der Waals surface area contributed by atoms with Crippen molar-refractivity contribution >= 4 is 17.5 Å². The van der Waals surface area contributed by atoms with Crippen molar-refractivity contribution in [2.24, 2.45) is 11.7 Å². The van der Waals surface area contributed by atoms with Crippen LogP contribution < -0.4 is 11.1 Å². The highest BCUT2D eigenvalue weighted by Crippen LogP contribution is 2.20. The first-order valence-electron chi connectivity index (χ1n) is 6.82. The molecule has 1 aromatic heterocycles. The summed E-state index contributed by atoms with van der Waals surface area (Å²) in [5, 5.41) is 2.87. The Kier molecular flexibility index (Phi) is 4.42. The smallest absolute Gasteiger partial charge is 0.248 e. The van der Waals surface area contributed by atoms with Gasteiger partial charge in [-0.05, 0) is 42.3 Å². The fourth-order valence-electron chi connectivity index (χ4n) is 2.25. The number of nitrogens with two attached hydrogens (primary N) is 1. The molecule has 0 spiro atoms. The second-order valence-corrected chi connectivity index (χ2v) is 5.25. The largest absolute Gasteiger partial charge is 0.366 e. The average molecular weight is 285 g/mol. The van der Waals surface area contributed by atoms with E-state index in [4.69, 9.17) is 5.73 Å². The molecular weight excluding hydrogens is 266 g/mol. The van der Waals surface area contributed by atoms with Gasteiger partial charge in [-0.15, -0.1) is 0 Å². The summed E-state index contributed by atoms with van der Waals surface area (Å²) in [5.41, 5.74) is 6.24. The predicted molar refractivity (Wildman–Crippen MR) is 81.9 cm³/mol. The molecule has 0 radical (unpaired) electrons. The first kappa shape index (κ1) is 14.8. The quantitative estimate of drug-likeness (QED) is 0.885. The minimum Gasteiger partial charge on any atom is -0.366 e. The summed E-state index contributed by atoms with van der Waals surface area (Å²) < 4.78 is 1.89. The lowest BCUT2D eigenvalue weighted by molar-refractivity contribution is -0.120. The van der Waals surface area contributed by atoms with Crippen LogP contribution in [0.1, 0.15) is 30.2 Å². The molecule has 1 aromatic carbocycles. The minimum absolute atomic E-state index is 0.0898. The number of amides is 2. The average Bonchev–Trinajstić information content (AvgIpc) is 2.92. The first-order valence-corrected chi connectivity index (χ1v) is 6.82. The zero-order valence-corrected chi connectivity index (χ0v) is 12.1. The number of nitrogens with zero attached hydrogens (tertiary/aromatic N) is 1. The van der Waals surface area contributed by atoms with Crippen LogP contribution in [0.4, 0.5) is 5.69 Å². The molecule has 110 valence electrons. The zero-order chi connectivity index (χ0) is 15.4. The summed E-state index contributed by atoms with van der Waals surface area (Å²) in [4.78, 5) is 23.5. The van der Waals surface area contributed by atoms with Crippen LogP contribution >= 0.6 is 0 Å². The number of benzene rings is 1. The maximum absolute atomic E-state index is 12.4. The number of hydrogen-bond acceptors (Lipinski definition) is 2. The van der Waals surface area contributed by atoms with Gasteiger partial charge in [-0.2, -0.15) is 0 Å². The maximum atomic E-state index is 12.4. The number of carbonyl (C=O) groups excluding carboxylic acids is 2. The molecule has 0 aliphatic carbocycles. The van der Waals surface area contributed by atoms with Crippen molar-refractivity contribution in [1.82, 2.24) is 4.57 Å². The molecule has 0 aliphatic heterocycles. The molecule has 2 aromatic rings. The van der Waals surface area contributed by atoms with Crippen LogP contribution in [-0.2, 0) is 4.79 Å². The zero-order valence-electron chi connectivity index (χ0n) is 12.1. The van der Waals surface area contributed by atoms with E-state index in [1.165, 1.54) is 0 Å². The highest BCUT2D eigenvalue weighted by Gasteiger charge is 2.23. The predicted octanol–water partition coefficient (Wildman–Crippen LogP) is 2.42. The van der Waals surface area contributed by atoms with Crippen molar-refractivity contribution in [3.05, 3.63) is 54.4 Å². The molecule has 3 N–H and O–H groups in total. The molecule has 0 saturated carbocycles. The van der Waals surface area contributed by atoms with Gasteiger partial charge in [0, 0.05) is 23.6 Å². The van der Waals surface area contributed by atoms with Crippen molar-refractivity contribution in [1.29, 1.82) is 0 Å². The molecule has 0 bridgehead atoms. The standard InChI is InChI=1S/C16H19N3O2/c1-11(2)14(19-9-3-4-10-19)16(21)18-13-7-5-12(6-8-13)15(17)20/h3-11,14H,1-2H3,(H2,17,20)(H,18,21)/t14-/m1/s1. The fraction of sp³-hybridized carbons (Fsp3) is 0.250.